The minimum absolute atomic E-state index is 0.235. The molecule has 0 aromatic heterocycles. The highest BCUT2D eigenvalue weighted by molar-refractivity contribution is 9.10. The summed E-state index contributed by atoms with van der Waals surface area (Å²) in [7, 11) is 0. The molecular weight excluding hydrogens is 328 g/mol. The number of rotatable bonds is 6. The van der Waals surface area contributed by atoms with Crippen LogP contribution >= 0.6 is 15.9 Å². The lowest BCUT2D eigenvalue weighted by molar-refractivity contribution is -0.143. The second-order valence-corrected chi connectivity index (χ2v) is 4.82. The predicted molar refractivity (Wildman–Crippen MR) is 76.4 cm³/mol. The number of carboxylic acid groups (broad SMARTS) is 1. The molecule has 0 spiro atoms. The molecule has 108 valence electrons. The Kier molecular flexibility index (Phi) is 6.17. The van der Waals surface area contributed by atoms with E-state index in [0.717, 1.165) is 4.90 Å². The second kappa shape index (κ2) is 7.64. The number of carbonyl (C=O) groups excluding carboxylic acids is 2. The molecule has 0 aliphatic rings. The number of carbonyl (C=O) groups is 3. The number of amides is 2. The Labute approximate surface area is 124 Å². The quantitative estimate of drug-likeness (QED) is 0.810. The molecule has 1 aromatic rings. The van der Waals surface area contributed by atoms with Crippen molar-refractivity contribution in [3.8, 4) is 0 Å². The normalized spacial score (nSPS) is 9.90. The van der Waals surface area contributed by atoms with Crippen LogP contribution in [0.25, 0.3) is 0 Å². The van der Waals surface area contributed by atoms with Crippen molar-refractivity contribution >= 4 is 33.7 Å². The van der Waals surface area contributed by atoms with E-state index in [4.69, 9.17) is 5.11 Å². The van der Waals surface area contributed by atoms with Gasteiger partial charge in [-0.15, -0.1) is 0 Å². The van der Waals surface area contributed by atoms with Gasteiger partial charge in [0.15, 0.2) is 0 Å². The fourth-order valence-corrected chi connectivity index (χ4v) is 2.01. The first-order valence-electron chi connectivity index (χ1n) is 5.98. The van der Waals surface area contributed by atoms with Crippen LogP contribution in [0.3, 0.4) is 0 Å². The van der Waals surface area contributed by atoms with E-state index < -0.39 is 17.8 Å². The van der Waals surface area contributed by atoms with Crippen LogP contribution in [0.1, 0.15) is 17.3 Å². The van der Waals surface area contributed by atoms with Crippen LogP contribution in [0.4, 0.5) is 0 Å². The van der Waals surface area contributed by atoms with E-state index in [1.54, 1.807) is 31.2 Å². The summed E-state index contributed by atoms with van der Waals surface area (Å²) >= 11 is 3.25. The molecule has 2 amide bonds. The fraction of sp³-hybridized carbons (Fsp3) is 0.308. The van der Waals surface area contributed by atoms with Gasteiger partial charge in [-0.25, -0.2) is 0 Å². The van der Waals surface area contributed by atoms with Crippen molar-refractivity contribution < 1.29 is 19.5 Å². The summed E-state index contributed by atoms with van der Waals surface area (Å²) in [6, 6.07) is 6.83. The standard InChI is InChI=1S/C13H15BrN2O4/c1-2-16(8-12(18)19)11(17)7-15-13(20)9-5-3-4-6-10(9)14/h3-6H,2,7-8H2,1H3,(H,15,20)(H,18,19). The van der Waals surface area contributed by atoms with Crippen molar-refractivity contribution in [1.82, 2.24) is 10.2 Å². The highest BCUT2D eigenvalue weighted by Crippen LogP contribution is 2.15. The smallest absolute Gasteiger partial charge is 0.323 e. The second-order valence-electron chi connectivity index (χ2n) is 3.96. The molecule has 0 bridgehead atoms. The number of nitrogens with one attached hydrogen (secondary N) is 1. The van der Waals surface area contributed by atoms with E-state index in [9.17, 15) is 14.4 Å². The first-order valence-corrected chi connectivity index (χ1v) is 6.77. The Balaban J connectivity index is 2.58. The fourth-order valence-electron chi connectivity index (χ4n) is 1.55. The molecular formula is C13H15BrN2O4. The molecule has 6 nitrogen and oxygen atoms in total. The third-order valence-corrected chi connectivity index (χ3v) is 3.27. The molecule has 0 unspecified atom stereocenters. The molecule has 0 radical (unpaired) electrons. The Morgan fingerprint density at radius 1 is 1.30 bits per heavy atom. The van der Waals surface area contributed by atoms with Gasteiger partial charge in [-0.1, -0.05) is 12.1 Å². The van der Waals surface area contributed by atoms with Crippen LogP contribution in [0.15, 0.2) is 28.7 Å². The third-order valence-electron chi connectivity index (χ3n) is 2.58. The van der Waals surface area contributed by atoms with Gasteiger partial charge in [-0.3, -0.25) is 14.4 Å². The summed E-state index contributed by atoms with van der Waals surface area (Å²) in [4.78, 5) is 35.4. The van der Waals surface area contributed by atoms with Crippen LogP contribution in [0.5, 0.6) is 0 Å². The van der Waals surface area contributed by atoms with Gasteiger partial charge in [0.05, 0.1) is 12.1 Å². The lowest BCUT2D eigenvalue weighted by atomic mass is 10.2. The maximum Gasteiger partial charge on any atom is 0.323 e. The molecule has 7 heteroatoms. The minimum atomic E-state index is -1.09. The summed E-state index contributed by atoms with van der Waals surface area (Å²) in [5.74, 6) is -1.91. The zero-order valence-corrected chi connectivity index (χ0v) is 12.5. The Morgan fingerprint density at radius 2 is 1.95 bits per heavy atom. The van der Waals surface area contributed by atoms with Crippen LogP contribution in [0.2, 0.25) is 0 Å². The number of nitrogens with zero attached hydrogens (tertiary/aromatic N) is 1. The highest BCUT2D eigenvalue weighted by atomic mass is 79.9. The van der Waals surface area contributed by atoms with Crippen LogP contribution < -0.4 is 5.32 Å². The van der Waals surface area contributed by atoms with Gasteiger partial charge in [-0.2, -0.15) is 0 Å². The lowest BCUT2D eigenvalue weighted by Gasteiger charge is -2.18. The number of hydrogen-bond donors (Lipinski definition) is 2. The summed E-state index contributed by atoms with van der Waals surface area (Å²) in [5, 5.41) is 11.1. The maximum absolute atomic E-state index is 11.9. The summed E-state index contributed by atoms with van der Waals surface area (Å²) in [6.07, 6.45) is 0. The predicted octanol–water partition coefficient (Wildman–Crippen LogP) is 1.11. The molecule has 2 N–H and O–H groups in total. The van der Waals surface area contributed by atoms with Gasteiger partial charge in [0.2, 0.25) is 5.91 Å². The van der Waals surface area contributed by atoms with Crippen molar-refractivity contribution in [2.24, 2.45) is 0 Å². The molecule has 20 heavy (non-hydrogen) atoms. The highest BCUT2D eigenvalue weighted by Gasteiger charge is 2.16. The summed E-state index contributed by atoms with van der Waals surface area (Å²) in [6.45, 7) is 1.34. The molecule has 0 aliphatic heterocycles. The SMILES string of the molecule is CCN(CC(=O)O)C(=O)CNC(=O)c1ccccc1Br. The zero-order chi connectivity index (χ0) is 15.1. The number of halogens is 1. The first-order chi connectivity index (χ1) is 9.45. The minimum Gasteiger partial charge on any atom is -0.480 e. The summed E-state index contributed by atoms with van der Waals surface area (Å²) in [5.41, 5.74) is 0.418. The molecule has 0 saturated carbocycles. The number of aliphatic carboxylic acids is 1. The topological polar surface area (TPSA) is 86.7 Å². The van der Waals surface area contributed by atoms with E-state index in [1.807, 2.05) is 0 Å². The Hall–Kier alpha value is -1.89. The Bertz CT molecular complexity index is 519. The van der Waals surface area contributed by atoms with E-state index in [-0.39, 0.29) is 19.6 Å². The zero-order valence-electron chi connectivity index (χ0n) is 10.9. The molecule has 0 fully saturated rings. The van der Waals surface area contributed by atoms with Gasteiger partial charge >= 0.3 is 5.97 Å². The van der Waals surface area contributed by atoms with Crippen molar-refractivity contribution in [2.45, 2.75) is 6.92 Å². The number of benzene rings is 1. The molecule has 1 rings (SSSR count). The third kappa shape index (κ3) is 4.65. The van der Waals surface area contributed by atoms with E-state index in [0.29, 0.717) is 10.0 Å². The average Bonchev–Trinajstić information content (AvgIpc) is 2.42. The molecule has 0 aliphatic carbocycles. The largest absolute Gasteiger partial charge is 0.480 e. The Morgan fingerprint density at radius 3 is 2.50 bits per heavy atom. The van der Waals surface area contributed by atoms with Gasteiger partial charge in [0, 0.05) is 11.0 Å². The van der Waals surface area contributed by atoms with Crippen molar-refractivity contribution in [1.29, 1.82) is 0 Å². The van der Waals surface area contributed by atoms with Crippen molar-refractivity contribution in [2.75, 3.05) is 19.6 Å². The first kappa shape index (κ1) is 16.2. The van der Waals surface area contributed by atoms with Gasteiger partial charge in [0.1, 0.15) is 6.54 Å². The van der Waals surface area contributed by atoms with Crippen molar-refractivity contribution in [3.05, 3.63) is 34.3 Å². The molecule has 0 atom stereocenters. The van der Waals surface area contributed by atoms with E-state index in [2.05, 4.69) is 21.2 Å². The van der Waals surface area contributed by atoms with Gasteiger partial charge in [0.25, 0.3) is 5.91 Å². The maximum atomic E-state index is 11.9. The number of carboxylic acids is 1. The van der Waals surface area contributed by atoms with Gasteiger partial charge in [-0.05, 0) is 35.0 Å². The van der Waals surface area contributed by atoms with E-state index >= 15 is 0 Å². The van der Waals surface area contributed by atoms with Crippen LogP contribution in [-0.2, 0) is 9.59 Å². The van der Waals surface area contributed by atoms with Gasteiger partial charge < -0.3 is 15.3 Å². The monoisotopic (exact) mass is 342 g/mol. The van der Waals surface area contributed by atoms with Crippen LogP contribution in [0, 0.1) is 0 Å². The lowest BCUT2D eigenvalue weighted by Crippen LogP contribution is -2.42. The number of hydrogen-bond acceptors (Lipinski definition) is 3. The van der Waals surface area contributed by atoms with Crippen molar-refractivity contribution in [3.63, 3.8) is 0 Å². The molecule has 0 saturated heterocycles. The molecule has 0 heterocycles. The number of likely N-dealkylation sites (N-methyl/N-ethyl adjacent to an activating group) is 1. The molecule has 1 aromatic carbocycles. The van der Waals surface area contributed by atoms with E-state index in [1.165, 1.54) is 0 Å². The summed E-state index contributed by atoms with van der Waals surface area (Å²) < 4.78 is 0.628. The van der Waals surface area contributed by atoms with Crippen LogP contribution in [-0.4, -0.2) is 47.4 Å². The average molecular weight is 343 g/mol.